The quantitative estimate of drug-likeness (QED) is 0.275. The van der Waals surface area contributed by atoms with Gasteiger partial charge in [-0.3, -0.25) is 13.9 Å². The van der Waals surface area contributed by atoms with E-state index in [-0.39, 0.29) is 17.3 Å². The number of para-hydroxylation sites is 1. The number of hydrogen-bond acceptors (Lipinski definition) is 4. The van der Waals surface area contributed by atoms with Crippen LogP contribution < -0.4 is 9.62 Å². The molecule has 214 valence electrons. The van der Waals surface area contributed by atoms with E-state index in [2.05, 4.69) is 5.32 Å². The van der Waals surface area contributed by atoms with Crippen LogP contribution in [-0.4, -0.2) is 44.3 Å². The number of likely N-dealkylation sites (N-methyl/N-ethyl adjacent to an activating group) is 1. The van der Waals surface area contributed by atoms with Gasteiger partial charge in [-0.25, -0.2) is 8.42 Å². The van der Waals surface area contributed by atoms with E-state index in [4.69, 9.17) is 23.2 Å². The van der Waals surface area contributed by atoms with Crippen molar-refractivity contribution in [2.24, 2.45) is 0 Å². The van der Waals surface area contributed by atoms with E-state index in [1.54, 1.807) is 56.3 Å². The van der Waals surface area contributed by atoms with E-state index in [1.807, 2.05) is 26.0 Å². The third-order valence-electron chi connectivity index (χ3n) is 6.62. The second-order valence-corrected chi connectivity index (χ2v) is 12.1. The van der Waals surface area contributed by atoms with E-state index in [0.717, 1.165) is 15.4 Å². The Kier molecular flexibility index (Phi) is 11.0. The van der Waals surface area contributed by atoms with Crippen molar-refractivity contribution < 1.29 is 18.0 Å². The molecule has 7 nitrogen and oxygen atoms in total. The second-order valence-electron chi connectivity index (χ2n) is 9.38. The lowest BCUT2D eigenvalue weighted by atomic mass is 10.1. The number of anilines is 1. The maximum atomic E-state index is 14.1. The maximum absolute atomic E-state index is 14.1. The van der Waals surface area contributed by atoms with Crippen molar-refractivity contribution in [3.63, 3.8) is 0 Å². The van der Waals surface area contributed by atoms with Gasteiger partial charge < -0.3 is 10.2 Å². The second kappa shape index (κ2) is 14.0. The summed E-state index contributed by atoms with van der Waals surface area (Å²) in [6.45, 7) is 7.27. The van der Waals surface area contributed by atoms with E-state index >= 15 is 0 Å². The van der Waals surface area contributed by atoms with Gasteiger partial charge in [0, 0.05) is 23.1 Å². The lowest BCUT2D eigenvalue weighted by Crippen LogP contribution is -2.52. The molecule has 3 rings (SSSR count). The molecule has 0 fully saturated rings. The van der Waals surface area contributed by atoms with Gasteiger partial charge in [-0.05, 0) is 68.1 Å². The van der Waals surface area contributed by atoms with Gasteiger partial charge in [0.2, 0.25) is 11.8 Å². The molecule has 0 radical (unpaired) electrons. The van der Waals surface area contributed by atoms with Crippen LogP contribution in [0.2, 0.25) is 10.0 Å². The van der Waals surface area contributed by atoms with Crippen molar-refractivity contribution in [2.45, 2.75) is 58.0 Å². The normalized spacial score (nSPS) is 12.1. The van der Waals surface area contributed by atoms with E-state index in [9.17, 15) is 18.0 Å². The standard InChI is InChI=1S/C30H35Cl2N3O4S/c1-5-22-10-8-9-11-28(22)35(40(38,39)25-16-12-21(4)13-17-25)20-29(36)34(27(6-2)30(37)33-7-3)19-23-14-15-24(31)18-26(23)32/h8-18,27H,5-7,19-20H2,1-4H3,(H,33,37)/t27-/m0/s1. The molecular formula is C30H35Cl2N3O4S. The van der Waals surface area contributed by atoms with Crippen LogP contribution in [0, 0.1) is 6.92 Å². The molecule has 0 bridgehead atoms. The van der Waals surface area contributed by atoms with Crippen LogP contribution in [0.25, 0.3) is 0 Å². The number of hydrogen-bond donors (Lipinski definition) is 1. The largest absolute Gasteiger partial charge is 0.355 e. The van der Waals surface area contributed by atoms with E-state index in [1.165, 1.54) is 17.0 Å². The molecule has 40 heavy (non-hydrogen) atoms. The zero-order valence-electron chi connectivity index (χ0n) is 23.2. The zero-order valence-corrected chi connectivity index (χ0v) is 25.5. The molecule has 3 aromatic rings. The first kappa shape index (κ1) is 31.5. The Morgan fingerprint density at radius 3 is 2.20 bits per heavy atom. The van der Waals surface area contributed by atoms with Crippen molar-refractivity contribution in [1.82, 2.24) is 10.2 Å². The number of halogens is 2. The number of nitrogens with one attached hydrogen (secondary N) is 1. The molecule has 0 unspecified atom stereocenters. The average Bonchev–Trinajstić information content (AvgIpc) is 2.93. The van der Waals surface area contributed by atoms with Crippen LogP contribution in [0.3, 0.4) is 0 Å². The molecule has 3 aromatic carbocycles. The number of amides is 2. The summed E-state index contributed by atoms with van der Waals surface area (Å²) in [7, 11) is -4.14. The monoisotopic (exact) mass is 603 g/mol. The first-order valence-electron chi connectivity index (χ1n) is 13.2. The van der Waals surface area contributed by atoms with Crippen molar-refractivity contribution in [1.29, 1.82) is 0 Å². The Hall–Kier alpha value is -3.07. The molecule has 0 saturated carbocycles. The zero-order chi connectivity index (χ0) is 29.4. The molecule has 1 N–H and O–H groups in total. The van der Waals surface area contributed by atoms with Gasteiger partial charge in [-0.1, -0.05) is 79.0 Å². The van der Waals surface area contributed by atoms with Gasteiger partial charge in [-0.2, -0.15) is 0 Å². The third-order valence-corrected chi connectivity index (χ3v) is 8.98. The van der Waals surface area contributed by atoms with E-state index in [0.29, 0.717) is 40.7 Å². The maximum Gasteiger partial charge on any atom is 0.264 e. The molecule has 1 atom stereocenters. The van der Waals surface area contributed by atoms with Gasteiger partial charge in [0.15, 0.2) is 0 Å². The number of carbonyl (C=O) groups is 2. The average molecular weight is 605 g/mol. The summed E-state index contributed by atoms with van der Waals surface area (Å²) in [5.74, 6) is -0.865. The van der Waals surface area contributed by atoms with Crippen molar-refractivity contribution in [3.8, 4) is 0 Å². The van der Waals surface area contributed by atoms with Crippen LogP contribution in [0.1, 0.15) is 43.9 Å². The Morgan fingerprint density at radius 1 is 0.925 bits per heavy atom. The Morgan fingerprint density at radius 2 is 1.60 bits per heavy atom. The number of sulfonamides is 1. The fourth-order valence-electron chi connectivity index (χ4n) is 4.45. The number of rotatable bonds is 12. The number of aryl methyl sites for hydroxylation is 2. The lowest BCUT2D eigenvalue weighted by Gasteiger charge is -2.33. The van der Waals surface area contributed by atoms with Gasteiger partial charge in [-0.15, -0.1) is 0 Å². The SMILES string of the molecule is CCNC(=O)[C@H](CC)N(Cc1ccc(Cl)cc1Cl)C(=O)CN(c1ccccc1CC)S(=O)(=O)c1ccc(C)cc1. The summed E-state index contributed by atoms with van der Waals surface area (Å²) >= 11 is 12.5. The van der Waals surface area contributed by atoms with Gasteiger partial charge in [0.05, 0.1) is 10.6 Å². The molecule has 0 aliphatic carbocycles. The summed E-state index contributed by atoms with van der Waals surface area (Å²) in [6.07, 6.45) is 0.879. The van der Waals surface area contributed by atoms with Crippen molar-refractivity contribution >= 4 is 50.7 Å². The van der Waals surface area contributed by atoms with Crippen molar-refractivity contribution in [2.75, 3.05) is 17.4 Å². The highest BCUT2D eigenvalue weighted by Gasteiger charge is 2.34. The first-order chi connectivity index (χ1) is 19.0. The molecule has 0 aliphatic rings. The van der Waals surface area contributed by atoms with Crippen LogP contribution >= 0.6 is 23.2 Å². The molecule has 0 saturated heterocycles. The molecule has 0 spiro atoms. The smallest absolute Gasteiger partial charge is 0.264 e. The van der Waals surface area contributed by atoms with Gasteiger partial charge in [0.25, 0.3) is 10.0 Å². The van der Waals surface area contributed by atoms with Crippen LogP contribution in [0.15, 0.2) is 71.6 Å². The molecule has 0 heterocycles. The first-order valence-corrected chi connectivity index (χ1v) is 15.4. The topological polar surface area (TPSA) is 86.8 Å². The molecule has 2 amide bonds. The number of carbonyl (C=O) groups excluding carboxylic acids is 2. The fraction of sp³-hybridized carbons (Fsp3) is 0.333. The van der Waals surface area contributed by atoms with Crippen LogP contribution in [0.5, 0.6) is 0 Å². The predicted octanol–water partition coefficient (Wildman–Crippen LogP) is 6.00. The predicted molar refractivity (Wildman–Crippen MR) is 161 cm³/mol. The molecular weight excluding hydrogens is 569 g/mol. The molecule has 0 aliphatic heterocycles. The Bertz CT molecular complexity index is 1450. The highest BCUT2D eigenvalue weighted by atomic mass is 35.5. The lowest BCUT2D eigenvalue weighted by molar-refractivity contribution is -0.140. The van der Waals surface area contributed by atoms with Crippen LogP contribution in [0.4, 0.5) is 5.69 Å². The van der Waals surface area contributed by atoms with Gasteiger partial charge >= 0.3 is 0 Å². The Labute approximate surface area is 247 Å². The van der Waals surface area contributed by atoms with Crippen LogP contribution in [-0.2, 0) is 32.6 Å². The number of benzene rings is 3. The highest BCUT2D eigenvalue weighted by Crippen LogP contribution is 2.29. The Balaban J connectivity index is 2.12. The van der Waals surface area contributed by atoms with Crippen molar-refractivity contribution in [3.05, 3.63) is 93.5 Å². The summed E-state index contributed by atoms with van der Waals surface area (Å²) in [6, 6.07) is 17.7. The molecule has 0 aromatic heterocycles. The minimum atomic E-state index is -4.14. The third kappa shape index (κ3) is 7.36. The molecule has 10 heteroatoms. The summed E-state index contributed by atoms with van der Waals surface area (Å²) in [5, 5.41) is 3.57. The fourth-order valence-corrected chi connectivity index (χ4v) is 6.37. The highest BCUT2D eigenvalue weighted by molar-refractivity contribution is 7.92. The summed E-state index contributed by atoms with van der Waals surface area (Å²) < 4.78 is 29.2. The summed E-state index contributed by atoms with van der Waals surface area (Å²) in [5.41, 5.74) is 2.68. The number of nitrogens with zero attached hydrogens (tertiary/aromatic N) is 2. The van der Waals surface area contributed by atoms with E-state index < -0.39 is 28.5 Å². The minimum Gasteiger partial charge on any atom is -0.355 e. The minimum absolute atomic E-state index is 0.00167. The van der Waals surface area contributed by atoms with Gasteiger partial charge in [0.1, 0.15) is 12.6 Å². The summed E-state index contributed by atoms with van der Waals surface area (Å²) in [4.78, 5) is 28.7.